The Hall–Kier alpha value is -1.85. The molecule has 0 aliphatic rings. The van der Waals surface area contributed by atoms with Gasteiger partial charge in [0.2, 0.25) is 0 Å². The SMILES string of the molecule is Cc1c(-c2cc(F)c(C(=O)O)c(Cl)c2C)cc(F)c(N)c1Cl. The zero-order valence-electron chi connectivity index (χ0n) is 11.6. The zero-order valence-corrected chi connectivity index (χ0v) is 13.1. The molecule has 0 fully saturated rings. The molecule has 3 N–H and O–H groups in total. The second-order valence-corrected chi connectivity index (χ2v) is 5.54. The number of anilines is 1. The molecule has 0 saturated carbocycles. The molecule has 0 aromatic heterocycles. The topological polar surface area (TPSA) is 63.3 Å². The second-order valence-electron chi connectivity index (χ2n) is 4.78. The normalized spacial score (nSPS) is 10.8. The molecule has 22 heavy (non-hydrogen) atoms. The molecule has 7 heteroatoms. The summed E-state index contributed by atoms with van der Waals surface area (Å²) in [6.07, 6.45) is 0. The maximum Gasteiger partial charge on any atom is 0.340 e. The third-order valence-corrected chi connectivity index (χ3v) is 4.42. The van der Waals surface area contributed by atoms with Gasteiger partial charge in [-0.15, -0.1) is 0 Å². The number of hydrogen-bond acceptors (Lipinski definition) is 2. The van der Waals surface area contributed by atoms with E-state index in [0.717, 1.165) is 12.1 Å². The molecule has 0 bridgehead atoms. The van der Waals surface area contributed by atoms with Gasteiger partial charge >= 0.3 is 5.97 Å². The molecule has 0 radical (unpaired) electrons. The van der Waals surface area contributed by atoms with Crippen LogP contribution in [0, 0.1) is 25.5 Å². The Morgan fingerprint density at radius 3 is 2.00 bits per heavy atom. The lowest BCUT2D eigenvalue weighted by atomic mass is 9.94. The number of hydrogen-bond donors (Lipinski definition) is 2. The van der Waals surface area contributed by atoms with Crippen LogP contribution in [0.15, 0.2) is 12.1 Å². The minimum Gasteiger partial charge on any atom is -0.478 e. The summed E-state index contributed by atoms with van der Waals surface area (Å²) >= 11 is 11.9. The number of halogens is 4. The fourth-order valence-corrected chi connectivity index (χ4v) is 2.68. The lowest BCUT2D eigenvalue weighted by molar-refractivity contribution is 0.0692. The Labute approximate surface area is 135 Å². The Bertz CT molecular complexity index is 807. The van der Waals surface area contributed by atoms with Crippen molar-refractivity contribution in [2.75, 3.05) is 5.73 Å². The predicted molar refractivity (Wildman–Crippen MR) is 82.7 cm³/mol. The number of nitrogen functional groups attached to an aromatic ring is 1. The molecular formula is C15H11Cl2F2NO2. The van der Waals surface area contributed by atoms with Crippen molar-refractivity contribution in [1.82, 2.24) is 0 Å². The predicted octanol–water partition coefficient (Wildman–Crippen LogP) is 4.84. The van der Waals surface area contributed by atoms with Crippen LogP contribution >= 0.6 is 23.2 Å². The molecule has 116 valence electrons. The van der Waals surface area contributed by atoms with Crippen LogP contribution in [-0.4, -0.2) is 11.1 Å². The van der Waals surface area contributed by atoms with Gasteiger partial charge in [0.05, 0.1) is 15.7 Å². The van der Waals surface area contributed by atoms with Gasteiger partial charge in [0.1, 0.15) is 17.2 Å². The number of rotatable bonds is 2. The Morgan fingerprint density at radius 2 is 1.50 bits per heavy atom. The molecule has 0 heterocycles. The van der Waals surface area contributed by atoms with E-state index in [2.05, 4.69) is 0 Å². The van der Waals surface area contributed by atoms with Gasteiger partial charge in [0, 0.05) is 0 Å². The number of carboxylic acids is 1. The van der Waals surface area contributed by atoms with Gasteiger partial charge in [-0.05, 0) is 48.2 Å². The fourth-order valence-electron chi connectivity index (χ4n) is 2.21. The monoisotopic (exact) mass is 345 g/mol. The van der Waals surface area contributed by atoms with Crippen molar-refractivity contribution in [1.29, 1.82) is 0 Å². The minimum atomic E-state index is -1.48. The van der Waals surface area contributed by atoms with E-state index < -0.39 is 23.2 Å². The van der Waals surface area contributed by atoms with Gasteiger partial charge in [-0.3, -0.25) is 0 Å². The molecule has 2 aromatic rings. The summed E-state index contributed by atoms with van der Waals surface area (Å²) in [5.41, 5.74) is 5.99. The third-order valence-electron chi connectivity index (χ3n) is 3.46. The van der Waals surface area contributed by atoms with E-state index in [0.29, 0.717) is 16.7 Å². The van der Waals surface area contributed by atoms with E-state index >= 15 is 0 Å². The molecule has 0 amide bonds. The molecule has 0 unspecified atom stereocenters. The van der Waals surface area contributed by atoms with Crippen LogP contribution in [0.3, 0.4) is 0 Å². The van der Waals surface area contributed by atoms with Crippen LogP contribution in [-0.2, 0) is 0 Å². The fraction of sp³-hybridized carbons (Fsp3) is 0.133. The summed E-state index contributed by atoms with van der Waals surface area (Å²) in [5, 5.41) is 8.77. The summed E-state index contributed by atoms with van der Waals surface area (Å²) in [6, 6.07) is 2.12. The van der Waals surface area contributed by atoms with E-state index in [1.54, 1.807) is 6.92 Å². The van der Waals surface area contributed by atoms with Crippen molar-refractivity contribution in [2.45, 2.75) is 13.8 Å². The molecule has 3 nitrogen and oxygen atoms in total. The Kier molecular flexibility index (Phi) is 4.31. The van der Waals surface area contributed by atoms with Crippen molar-refractivity contribution >= 4 is 34.9 Å². The smallest absolute Gasteiger partial charge is 0.340 e. The maximum absolute atomic E-state index is 14.0. The summed E-state index contributed by atoms with van der Waals surface area (Å²) in [4.78, 5) is 11.0. The zero-order chi connectivity index (χ0) is 16.8. The van der Waals surface area contributed by atoms with Gasteiger partial charge in [-0.1, -0.05) is 23.2 Å². The van der Waals surface area contributed by atoms with E-state index in [-0.39, 0.29) is 21.3 Å². The highest BCUT2D eigenvalue weighted by Crippen LogP contribution is 2.39. The van der Waals surface area contributed by atoms with E-state index in [9.17, 15) is 13.6 Å². The largest absolute Gasteiger partial charge is 0.478 e. The average Bonchev–Trinajstić information content (AvgIpc) is 2.44. The van der Waals surface area contributed by atoms with Crippen molar-refractivity contribution < 1.29 is 18.7 Å². The minimum absolute atomic E-state index is 0.0215. The number of carbonyl (C=O) groups is 1. The van der Waals surface area contributed by atoms with Gasteiger partial charge in [-0.2, -0.15) is 0 Å². The molecule has 2 rings (SSSR count). The maximum atomic E-state index is 14.0. The lowest BCUT2D eigenvalue weighted by Gasteiger charge is -2.15. The highest BCUT2D eigenvalue weighted by atomic mass is 35.5. The number of aromatic carboxylic acids is 1. The second kappa shape index (κ2) is 5.74. The first-order valence-corrected chi connectivity index (χ1v) is 6.88. The van der Waals surface area contributed by atoms with Crippen LogP contribution in [0.25, 0.3) is 11.1 Å². The van der Waals surface area contributed by atoms with Crippen LogP contribution in [0.1, 0.15) is 21.5 Å². The molecule has 0 aliphatic carbocycles. The van der Waals surface area contributed by atoms with E-state index in [4.69, 9.17) is 34.0 Å². The molecule has 0 atom stereocenters. The number of benzene rings is 2. The highest BCUT2D eigenvalue weighted by Gasteiger charge is 2.22. The quantitative estimate of drug-likeness (QED) is 0.765. The van der Waals surface area contributed by atoms with Crippen molar-refractivity contribution in [3.8, 4) is 11.1 Å². The van der Waals surface area contributed by atoms with Gasteiger partial charge in [0.25, 0.3) is 0 Å². The summed E-state index contributed by atoms with van der Waals surface area (Å²) in [5.74, 6) is -3.23. The van der Waals surface area contributed by atoms with E-state index in [1.165, 1.54) is 6.92 Å². The first-order chi connectivity index (χ1) is 10.2. The number of carboxylic acid groups (broad SMARTS) is 1. The molecule has 0 spiro atoms. The summed E-state index contributed by atoms with van der Waals surface area (Å²) < 4.78 is 27.8. The lowest BCUT2D eigenvalue weighted by Crippen LogP contribution is -2.05. The Balaban J connectivity index is 2.83. The van der Waals surface area contributed by atoms with Crippen molar-refractivity contribution in [2.24, 2.45) is 0 Å². The molecule has 2 aromatic carbocycles. The van der Waals surface area contributed by atoms with Crippen molar-refractivity contribution in [3.05, 3.63) is 50.5 Å². The summed E-state index contributed by atoms with van der Waals surface area (Å²) in [7, 11) is 0. The molecular weight excluding hydrogens is 335 g/mol. The highest BCUT2D eigenvalue weighted by molar-refractivity contribution is 6.35. The van der Waals surface area contributed by atoms with Crippen molar-refractivity contribution in [3.63, 3.8) is 0 Å². The van der Waals surface area contributed by atoms with Gasteiger partial charge in [-0.25, -0.2) is 13.6 Å². The number of nitrogens with two attached hydrogens (primary N) is 1. The van der Waals surface area contributed by atoms with Crippen LogP contribution in [0.4, 0.5) is 14.5 Å². The van der Waals surface area contributed by atoms with Crippen LogP contribution < -0.4 is 5.73 Å². The van der Waals surface area contributed by atoms with Gasteiger partial charge < -0.3 is 10.8 Å². The first kappa shape index (κ1) is 16.5. The first-order valence-electron chi connectivity index (χ1n) is 6.13. The van der Waals surface area contributed by atoms with E-state index in [1.807, 2.05) is 0 Å². The Morgan fingerprint density at radius 1 is 1.05 bits per heavy atom. The average molecular weight is 346 g/mol. The standard InChI is InChI=1S/C15H11Cl2F2NO2/c1-5-7(3-9(18)11(12(5)16)15(21)22)8-4-10(19)14(20)13(17)6(8)2/h3-4H,20H2,1-2H3,(H,21,22). The summed E-state index contributed by atoms with van der Waals surface area (Å²) in [6.45, 7) is 3.12. The third kappa shape index (κ3) is 2.51. The molecule has 0 saturated heterocycles. The molecule has 0 aliphatic heterocycles. The van der Waals surface area contributed by atoms with Gasteiger partial charge in [0.15, 0.2) is 0 Å². The van der Waals surface area contributed by atoms with Crippen LogP contribution in [0.5, 0.6) is 0 Å². The van der Waals surface area contributed by atoms with Crippen LogP contribution in [0.2, 0.25) is 10.0 Å².